The maximum atomic E-state index is 6.31. The van der Waals surface area contributed by atoms with E-state index in [9.17, 15) is 0 Å². The zero-order chi connectivity index (χ0) is 14.8. The van der Waals surface area contributed by atoms with Gasteiger partial charge in [-0.2, -0.15) is 0 Å². The van der Waals surface area contributed by atoms with Crippen LogP contribution in [-0.2, 0) is 0 Å². The number of fused-ring (bicyclic) bond motifs is 1. The molecular formula is C15H15ClN4S. The van der Waals surface area contributed by atoms with Gasteiger partial charge < -0.3 is 5.73 Å². The minimum absolute atomic E-state index is 0.0197. The highest BCUT2D eigenvalue weighted by atomic mass is 35.5. The SMILES string of the molecule is CC(N)C(Sc1nnc2ccccn12)c1ccccc1Cl. The topological polar surface area (TPSA) is 56.2 Å². The summed E-state index contributed by atoms with van der Waals surface area (Å²) in [5.41, 5.74) is 8.00. The Balaban J connectivity index is 1.98. The first-order chi connectivity index (χ1) is 10.2. The van der Waals surface area contributed by atoms with Gasteiger partial charge in [0, 0.05) is 17.3 Å². The molecule has 0 saturated heterocycles. The standard InChI is InChI=1S/C15H15ClN4S/c1-10(17)14(11-6-2-3-7-12(11)16)21-15-19-18-13-8-4-5-9-20(13)15/h2-10,14H,17H2,1H3. The predicted octanol–water partition coefficient (Wildman–Crippen LogP) is 3.56. The van der Waals surface area contributed by atoms with Crippen molar-refractivity contribution in [2.24, 2.45) is 5.73 Å². The third-order valence-corrected chi connectivity index (χ3v) is 4.97. The van der Waals surface area contributed by atoms with Crippen LogP contribution >= 0.6 is 23.4 Å². The Hall–Kier alpha value is -1.56. The molecule has 0 saturated carbocycles. The highest BCUT2D eigenvalue weighted by Gasteiger charge is 2.22. The molecule has 2 heterocycles. The van der Waals surface area contributed by atoms with E-state index in [-0.39, 0.29) is 11.3 Å². The normalized spacial score (nSPS) is 14.2. The van der Waals surface area contributed by atoms with E-state index in [4.69, 9.17) is 17.3 Å². The van der Waals surface area contributed by atoms with Crippen molar-refractivity contribution in [3.05, 3.63) is 59.2 Å². The molecule has 0 bridgehead atoms. The maximum absolute atomic E-state index is 6.31. The summed E-state index contributed by atoms with van der Waals surface area (Å²) in [6, 6.07) is 13.5. The van der Waals surface area contributed by atoms with Gasteiger partial charge in [-0.05, 0) is 30.7 Å². The molecule has 2 aromatic heterocycles. The number of benzene rings is 1. The summed E-state index contributed by atoms with van der Waals surface area (Å²) < 4.78 is 1.96. The number of halogens is 1. The lowest BCUT2D eigenvalue weighted by Crippen LogP contribution is -2.23. The number of thioether (sulfide) groups is 1. The first kappa shape index (κ1) is 14.4. The zero-order valence-corrected chi connectivity index (χ0v) is 13.1. The highest BCUT2D eigenvalue weighted by Crippen LogP contribution is 2.39. The van der Waals surface area contributed by atoms with E-state index in [1.54, 1.807) is 11.8 Å². The van der Waals surface area contributed by atoms with E-state index in [2.05, 4.69) is 10.2 Å². The van der Waals surface area contributed by atoms with Gasteiger partial charge in [-0.1, -0.05) is 47.6 Å². The van der Waals surface area contributed by atoms with Crippen molar-refractivity contribution in [2.75, 3.05) is 0 Å². The van der Waals surface area contributed by atoms with Gasteiger partial charge in [0.25, 0.3) is 0 Å². The lowest BCUT2D eigenvalue weighted by molar-refractivity contribution is 0.717. The third-order valence-electron chi connectivity index (χ3n) is 3.20. The Bertz CT molecular complexity index is 756. The molecule has 2 N–H and O–H groups in total. The number of rotatable bonds is 4. The Labute approximate surface area is 132 Å². The highest BCUT2D eigenvalue weighted by molar-refractivity contribution is 7.99. The predicted molar refractivity (Wildman–Crippen MR) is 86.7 cm³/mol. The lowest BCUT2D eigenvalue weighted by Gasteiger charge is -2.20. The van der Waals surface area contributed by atoms with Gasteiger partial charge in [-0.25, -0.2) is 0 Å². The van der Waals surface area contributed by atoms with E-state index in [0.717, 1.165) is 21.4 Å². The fraction of sp³-hybridized carbons (Fsp3) is 0.200. The van der Waals surface area contributed by atoms with Crippen LogP contribution in [0.2, 0.25) is 5.02 Å². The molecule has 21 heavy (non-hydrogen) atoms. The molecule has 4 nitrogen and oxygen atoms in total. The second-order valence-electron chi connectivity index (χ2n) is 4.83. The van der Waals surface area contributed by atoms with E-state index < -0.39 is 0 Å². The van der Waals surface area contributed by atoms with E-state index >= 15 is 0 Å². The van der Waals surface area contributed by atoms with Crippen molar-refractivity contribution in [1.29, 1.82) is 0 Å². The number of hydrogen-bond acceptors (Lipinski definition) is 4. The van der Waals surface area contributed by atoms with Gasteiger partial charge >= 0.3 is 0 Å². The van der Waals surface area contributed by atoms with Gasteiger partial charge in [0.05, 0.1) is 5.25 Å². The Morgan fingerprint density at radius 1 is 1.14 bits per heavy atom. The molecule has 1 aromatic carbocycles. The van der Waals surface area contributed by atoms with Crippen LogP contribution in [0.15, 0.2) is 53.8 Å². The maximum Gasteiger partial charge on any atom is 0.196 e. The molecule has 0 aliphatic heterocycles. The molecule has 0 amide bonds. The summed E-state index contributed by atoms with van der Waals surface area (Å²) in [5.74, 6) is 0. The summed E-state index contributed by atoms with van der Waals surface area (Å²) in [5, 5.41) is 9.97. The van der Waals surface area contributed by atoms with Gasteiger partial charge in [-0.15, -0.1) is 10.2 Å². The molecule has 108 valence electrons. The van der Waals surface area contributed by atoms with Gasteiger partial charge in [0.2, 0.25) is 0 Å². The van der Waals surface area contributed by atoms with Gasteiger partial charge in [0.1, 0.15) is 0 Å². The second kappa shape index (κ2) is 6.05. The molecule has 6 heteroatoms. The van der Waals surface area contributed by atoms with Crippen LogP contribution in [0.25, 0.3) is 5.65 Å². The van der Waals surface area contributed by atoms with Crippen LogP contribution in [0.3, 0.4) is 0 Å². The molecule has 0 aliphatic rings. The Kier molecular flexibility index (Phi) is 4.14. The molecule has 0 spiro atoms. The van der Waals surface area contributed by atoms with Crippen molar-refractivity contribution in [3.8, 4) is 0 Å². The largest absolute Gasteiger partial charge is 0.327 e. The fourth-order valence-electron chi connectivity index (χ4n) is 2.17. The minimum Gasteiger partial charge on any atom is -0.327 e. The first-order valence-corrected chi connectivity index (χ1v) is 7.89. The monoisotopic (exact) mass is 318 g/mol. The summed E-state index contributed by atoms with van der Waals surface area (Å²) in [6.07, 6.45) is 1.95. The molecule has 3 aromatic rings. The van der Waals surface area contributed by atoms with Crippen LogP contribution in [0, 0.1) is 0 Å². The van der Waals surface area contributed by atoms with Crippen LogP contribution in [0.5, 0.6) is 0 Å². The molecule has 2 unspecified atom stereocenters. The Morgan fingerprint density at radius 3 is 2.67 bits per heavy atom. The zero-order valence-electron chi connectivity index (χ0n) is 11.5. The van der Waals surface area contributed by atoms with Gasteiger partial charge in [-0.3, -0.25) is 4.40 Å². The molecule has 3 rings (SSSR count). The van der Waals surface area contributed by atoms with Gasteiger partial charge in [0.15, 0.2) is 10.8 Å². The molecule has 0 aliphatic carbocycles. The first-order valence-electron chi connectivity index (χ1n) is 6.63. The summed E-state index contributed by atoms with van der Waals surface area (Å²) in [4.78, 5) is 0. The van der Waals surface area contributed by atoms with E-state index in [0.29, 0.717) is 0 Å². The van der Waals surface area contributed by atoms with Crippen LogP contribution in [0.1, 0.15) is 17.7 Å². The summed E-state index contributed by atoms with van der Waals surface area (Å²) in [6.45, 7) is 1.98. The molecule has 2 atom stereocenters. The quantitative estimate of drug-likeness (QED) is 0.747. The van der Waals surface area contributed by atoms with E-state index in [1.807, 2.05) is 60.0 Å². The number of hydrogen-bond donors (Lipinski definition) is 1. The van der Waals surface area contributed by atoms with Crippen LogP contribution in [-0.4, -0.2) is 20.6 Å². The minimum atomic E-state index is -0.0639. The molecule has 0 radical (unpaired) electrons. The number of nitrogens with two attached hydrogens (primary N) is 1. The lowest BCUT2D eigenvalue weighted by atomic mass is 10.1. The van der Waals surface area contributed by atoms with E-state index in [1.165, 1.54) is 0 Å². The van der Waals surface area contributed by atoms with Crippen molar-refractivity contribution in [1.82, 2.24) is 14.6 Å². The smallest absolute Gasteiger partial charge is 0.196 e. The average molecular weight is 319 g/mol. The van der Waals surface area contributed by atoms with Crippen molar-refractivity contribution in [3.63, 3.8) is 0 Å². The molecule has 0 fully saturated rings. The Morgan fingerprint density at radius 2 is 1.90 bits per heavy atom. The number of pyridine rings is 1. The number of nitrogens with zero attached hydrogens (tertiary/aromatic N) is 3. The van der Waals surface area contributed by atoms with Crippen LogP contribution < -0.4 is 5.73 Å². The fourth-order valence-corrected chi connectivity index (χ4v) is 3.62. The second-order valence-corrected chi connectivity index (χ2v) is 6.35. The summed E-state index contributed by atoms with van der Waals surface area (Å²) >= 11 is 7.89. The summed E-state index contributed by atoms with van der Waals surface area (Å²) in [7, 11) is 0. The van der Waals surface area contributed by atoms with Crippen molar-refractivity contribution in [2.45, 2.75) is 23.4 Å². The van der Waals surface area contributed by atoms with Crippen LogP contribution in [0.4, 0.5) is 0 Å². The van der Waals surface area contributed by atoms with Crippen molar-refractivity contribution < 1.29 is 0 Å². The van der Waals surface area contributed by atoms with Crippen molar-refractivity contribution >= 4 is 29.0 Å². The molecular weight excluding hydrogens is 304 g/mol. The number of aromatic nitrogens is 3. The average Bonchev–Trinajstić information content (AvgIpc) is 2.89. The third kappa shape index (κ3) is 2.90.